The van der Waals surface area contributed by atoms with Crippen LogP contribution in [0, 0.1) is 0 Å². The Kier molecular flexibility index (Phi) is 2.87. The van der Waals surface area contributed by atoms with Crippen molar-refractivity contribution in [2.24, 2.45) is 0 Å². The van der Waals surface area contributed by atoms with Crippen LogP contribution in [0.1, 0.15) is 23.3 Å². The van der Waals surface area contributed by atoms with Gasteiger partial charge in [0.2, 0.25) is 0 Å². The molecule has 5 nitrogen and oxygen atoms in total. The first-order valence-electron chi connectivity index (χ1n) is 4.97. The van der Waals surface area contributed by atoms with Crippen molar-refractivity contribution in [3.8, 4) is 0 Å². The number of likely N-dealkylation sites (tertiary alicyclic amines) is 1. The summed E-state index contributed by atoms with van der Waals surface area (Å²) in [5.41, 5.74) is 0.332. The van der Waals surface area contributed by atoms with Gasteiger partial charge in [-0.3, -0.25) is 4.79 Å². The lowest BCUT2D eigenvalue weighted by atomic mass is 10.2. The number of carboxylic acids is 1. The molecule has 16 heavy (non-hydrogen) atoms. The lowest BCUT2D eigenvalue weighted by Gasteiger charge is -2.20. The number of hydrogen-bond donors (Lipinski definition) is 2. The second kappa shape index (κ2) is 4.17. The molecule has 1 aromatic rings. The number of nitrogens with zero attached hydrogens (tertiary/aromatic N) is 1. The van der Waals surface area contributed by atoms with Crippen molar-refractivity contribution in [2.75, 3.05) is 6.54 Å². The van der Waals surface area contributed by atoms with E-state index in [-0.39, 0.29) is 5.91 Å². The predicted molar refractivity (Wildman–Crippen MR) is 57.5 cm³/mol. The van der Waals surface area contributed by atoms with Crippen LogP contribution in [-0.2, 0) is 4.79 Å². The number of hydrogen-bond acceptors (Lipinski definition) is 2. The molecule has 0 aliphatic carbocycles. The van der Waals surface area contributed by atoms with E-state index in [0.29, 0.717) is 23.7 Å². The Morgan fingerprint density at radius 2 is 2.31 bits per heavy atom. The molecule has 6 heteroatoms. The molecule has 86 valence electrons. The van der Waals surface area contributed by atoms with Gasteiger partial charge in [-0.05, 0) is 18.9 Å². The third kappa shape index (κ3) is 1.90. The van der Waals surface area contributed by atoms with Crippen LogP contribution in [0.3, 0.4) is 0 Å². The minimum atomic E-state index is -0.955. The van der Waals surface area contributed by atoms with Gasteiger partial charge in [0.05, 0.1) is 5.02 Å². The first-order valence-corrected chi connectivity index (χ1v) is 5.35. The van der Waals surface area contributed by atoms with Gasteiger partial charge < -0.3 is 15.0 Å². The highest BCUT2D eigenvalue weighted by Crippen LogP contribution is 2.21. The molecule has 1 fully saturated rings. The molecule has 0 aromatic carbocycles. The Morgan fingerprint density at radius 1 is 1.56 bits per heavy atom. The van der Waals surface area contributed by atoms with E-state index in [2.05, 4.69) is 4.98 Å². The molecule has 2 N–H and O–H groups in total. The number of H-pyrrole nitrogens is 1. The molecule has 0 unspecified atom stereocenters. The average molecular weight is 243 g/mol. The smallest absolute Gasteiger partial charge is 0.326 e. The molecule has 1 saturated heterocycles. The molecule has 2 rings (SSSR count). The zero-order valence-corrected chi connectivity index (χ0v) is 9.20. The number of halogens is 1. The monoisotopic (exact) mass is 242 g/mol. The molecule has 1 aromatic heterocycles. The van der Waals surface area contributed by atoms with Gasteiger partial charge in [0, 0.05) is 12.7 Å². The first-order chi connectivity index (χ1) is 7.59. The van der Waals surface area contributed by atoms with E-state index in [0.717, 1.165) is 6.42 Å². The predicted octanol–water partition coefficient (Wildman–Crippen LogP) is 1.36. The van der Waals surface area contributed by atoms with E-state index in [1.165, 1.54) is 17.2 Å². The van der Waals surface area contributed by atoms with Gasteiger partial charge in [0.15, 0.2) is 0 Å². The summed E-state index contributed by atoms with van der Waals surface area (Å²) >= 11 is 5.69. The SMILES string of the molecule is O=C(O)[C@@H]1CCCN1C(=O)c1cc(Cl)c[nH]1. The van der Waals surface area contributed by atoms with Crippen molar-refractivity contribution in [3.05, 3.63) is 23.0 Å². The topological polar surface area (TPSA) is 73.4 Å². The molecule has 1 amide bonds. The molecule has 2 heterocycles. The van der Waals surface area contributed by atoms with Gasteiger partial charge in [0.1, 0.15) is 11.7 Å². The van der Waals surface area contributed by atoms with E-state index in [4.69, 9.17) is 16.7 Å². The fourth-order valence-corrected chi connectivity index (χ4v) is 2.08. The van der Waals surface area contributed by atoms with E-state index in [9.17, 15) is 9.59 Å². The van der Waals surface area contributed by atoms with Crippen LogP contribution < -0.4 is 0 Å². The largest absolute Gasteiger partial charge is 0.480 e. The van der Waals surface area contributed by atoms with Crippen molar-refractivity contribution in [3.63, 3.8) is 0 Å². The maximum Gasteiger partial charge on any atom is 0.326 e. The van der Waals surface area contributed by atoms with Crippen LogP contribution in [-0.4, -0.2) is 39.5 Å². The Hall–Kier alpha value is -1.49. The van der Waals surface area contributed by atoms with Crippen molar-refractivity contribution in [1.29, 1.82) is 0 Å². The number of nitrogens with one attached hydrogen (secondary N) is 1. The van der Waals surface area contributed by atoms with E-state index in [1.54, 1.807) is 0 Å². The zero-order valence-electron chi connectivity index (χ0n) is 8.44. The molecule has 0 spiro atoms. The Morgan fingerprint density at radius 3 is 2.88 bits per heavy atom. The molecule has 0 radical (unpaired) electrons. The molecular weight excluding hydrogens is 232 g/mol. The van der Waals surface area contributed by atoms with Crippen LogP contribution in [0.5, 0.6) is 0 Å². The third-order valence-electron chi connectivity index (χ3n) is 2.68. The molecule has 1 aliphatic heterocycles. The summed E-state index contributed by atoms with van der Waals surface area (Å²) in [6.45, 7) is 0.479. The fourth-order valence-electron chi connectivity index (χ4n) is 1.91. The molecular formula is C10H11ClN2O3. The molecule has 0 saturated carbocycles. The van der Waals surface area contributed by atoms with Crippen molar-refractivity contribution in [1.82, 2.24) is 9.88 Å². The Bertz CT molecular complexity index is 429. The van der Waals surface area contributed by atoms with Crippen LogP contribution in [0.2, 0.25) is 5.02 Å². The third-order valence-corrected chi connectivity index (χ3v) is 2.90. The normalized spacial score (nSPS) is 20.1. The van der Waals surface area contributed by atoms with E-state index >= 15 is 0 Å². The van der Waals surface area contributed by atoms with Crippen molar-refractivity contribution >= 4 is 23.5 Å². The van der Waals surface area contributed by atoms with Crippen LogP contribution in [0.4, 0.5) is 0 Å². The number of carboxylic acid groups (broad SMARTS) is 1. The summed E-state index contributed by atoms with van der Waals surface area (Å²) in [5, 5.41) is 9.39. The van der Waals surface area contributed by atoms with Crippen LogP contribution in [0.15, 0.2) is 12.3 Å². The second-order valence-corrected chi connectivity index (χ2v) is 4.16. The van der Waals surface area contributed by atoms with Crippen molar-refractivity contribution < 1.29 is 14.7 Å². The summed E-state index contributed by atoms with van der Waals surface area (Å²) in [6.07, 6.45) is 2.73. The van der Waals surface area contributed by atoms with Crippen molar-refractivity contribution in [2.45, 2.75) is 18.9 Å². The van der Waals surface area contributed by atoms with Gasteiger partial charge in [-0.15, -0.1) is 0 Å². The molecule has 0 bridgehead atoms. The van der Waals surface area contributed by atoms with Gasteiger partial charge >= 0.3 is 5.97 Å². The lowest BCUT2D eigenvalue weighted by Crippen LogP contribution is -2.40. The number of rotatable bonds is 2. The quantitative estimate of drug-likeness (QED) is 0.822. The number of amides is 1. The molecule has 1 aliphatic rings. The Labute approximate surface area is 97.0 Å². The fraction of sp³-hybridized carbons (Fsp3) is 0.400. The highest BCUT2D eigenvalue weighted by Gasteiger charge is 2.34. The van der Waals surface area contributed by atoms with E-state index < -0.39 is 12.0 Å². The highest BCUT2D eigenvalue weighted by molar-refractivity contribution is 6.31. The van der Waals surface area contributed by atoms with Gasteiger partial charge in [-0.1, -0.05) is 11.6 Å². The number of aromatic nitrogens is 1. The minimum absolute atomic E-state index is 0.309. The van der Waals surface area contributed by atoms with Gasteiger partial charge in [0.25, 0.3) is 5.91 Å². The summed E-state index contributed by atoms with van der Waals surface area (Å²) in [7, 11) is 0. The molecule has 1 atom stereocenters. The minimum Gasteiger partial charge on any atom is -0.480 e. The van der Waals surface area contributed by atoms with Crippen LogP contribution >= 0.6 is 11.6 Å². The number of carbonyl (C=O) groups excluding carboxylic acids is 1. The summed E-state index contributed by atoms with van der Waals surface area (Å²) in [5.74, 6) is -1.26. The number of aliphatic carboxylic acids is 1. The summed E-state index contributed by atoms with van der Waals surface area (Å²) in [6, 6.07) is 0.788. The van der Waals surface area contributed by atoms with E-state index in [1.807, 2.05) is 0 Å². The highest BCUT2D eigenvalue weighted by atomic mass is 35.5. The van der Waals surface area contributed by atoms with Crippen LogP contribution in [0.25, 0.3) is 0 Å². The Balaban J connectivity index is 2.18. The van der Waals surface area contributed by atoms with Gasteiger partial charge in [-0.2, -0.15) is 0 Å². The zero-order chi connectivity index (χ0) is 11.7. The average Bonchev–Trinajstić information content (AvgIpc) is 2.84. The number of aromatic amines is 1. The second-order valence-electron chi connectivity index (χ2n) is 3.73. The lowest BCUT2D eigenvalue weighted by molar-refractivity contribution is -0.141. The summed E-state index contributed by atoms with van der Waals surface area (Å²) < 4.78 is 0. The summed E-state index contributed by atoms with van der Waals surface area (Å²) in [4.78, 5) is 27.0. The number of carbonyl (C=O) groups is 2. The first kappa shape index (κ1) is 11.0. The standard InChI is InChI=1S/C10H11ClN2O3/c11-6-4-7(12-5-6)9(14)13-3-1-2-8(13)10(15)16/h4-5,8,12H,1-3H2,(H,15,16)/t8-/m0/s1. The van der Waals surface area contributed by atoms with Gasteiger partial charge in [-0.25, -0.2) is 4.79 Å². The maximum atomic E-state index is 11.9. The maximum absolute atomic E-state index is 11.9.